The van der Waals surface area contributed by atoms with Crippen LogP contribution >= 0.6 is 11.8 Å². The smallest absolute Gasteiger partial charge is 0.195 e. The maximum atomic E-state index is 9.09. The third-order valence-electron chi connectivity index (χ3n) is 2.58. The predicted molar refractivity (Wildman–Crippen MR) is 65.8 cm³/mol. The molecule has 0 aliphatic carbocycles. The van der Waals surface area contributed by atoms with Gasteiger partial charge in [-0.25, -0.2) is 0 Å². The number of hydrogen-bond donors (Lipinski definition) is 0. The minimum Gasteiger partial charge on any atom is -0.309 e. The molecule has 0 N–H and O–H groups in total. The van der Waals surface area contributed by atoms with E-state index in [2.05, 4.69) is 16.3 Å². The Kier molecular flexibility index (Phi) is 3.16. The number of benzene rings is 1. The Balaban J connectivity index is 2.43. The van der Waals surface area contributed by atoms with Gasteiger partial charge in [0.1, 0.15) is 11.9 Å². The number of aromatic nitrogens is 3. The Hall–Kier alpha value is -1.80. The van der Waals surface area contributed by atoms with Gasteiger partial charge in [0.2, 0.25) is 0 Å². The minimum atomic E-state index is 0.677. The van der Waals surface area contributed by atoms with Crippen molar-refractivity contribution in [2.75, 3.05) is 0 Å². The molecule has 1 aromatic heterocycles. The standard InChI is InChI=1S/C12H12N4S/c1-8-5-4-6-10(7-13)11(8)17-12-15-14-9(2)16(12)3/h4-6H,1-3H3. The van der Waals surface area contributed by atoms with Crippen molar-refractivity contribution >= 4 is 11.8 Å². The third kappa shape index (κ3) is 2.17. The molecule has 1 heterocycles. The molecule has 17 heavy (non-hydrogen) atoms. The van der Waals surface area contributed by atoms with Gasteiger partial charge in [0.25, 0.3) is 0 Å². The number of hydrogen-bond acceptors (Lipinski definition) is 4. The second-order valence-electron chi connectivity index (χ2n) is 3.75. The predicted octanol–water partition coefficient (Wildman–Crippen LogP) is 2.45. The molecule has 2 aromatic rings. The summed E-state index contributed by atoms with van der Waals surface area (Å²) in [6.07, 6.45) is 0. The SMILES string of the molecule is Cc1cccc(C#N)c1Sc1nnc(C)n1C. The number of rotatable bonds is 2. The van der Waals surface area contributed by atoms with Gasteiger partial charge in [-0.05, 0) is 37.2 Å². The van der Waals surface area contributed by atoms with Gasteiger partial charge in [-0.15, -0.1) is 10.2 Å². The van der Waals surface area contributed by atoms with Crippen molar-refractivity contribution in [1.29, 1.82) is 5.26 Å². The molecule has 0 atom stereocenters. The van der Waals surface area contributed by atoms with Crippen molar-refractivity contribution in [3.05, 3.63) is 35.2 Å². The van der Waals surface area contributed by atoms with E-state index in [1.165, 1.54) is 11.8 Å². The van der Waals surface area contributed by atoms with Crippen LogP contribution in [-0.4, -0.2) is 14.8 Å². The Morgan fingerprint density at radius 1 is 1.29 bits per heavy atom. The van der Waals surface area contributed by atoms with E-state index >= 15 is 0 Å². The molecular formula is C12H12N4S. The van der Waals surface area contributed by atoms with Crippen molar-refractivity contribution in [2.45, 2.75) is 23.9 Å². The molecule has 0 bridgehead atoms. The Labute approximate surface area is 104 Å². The van der Waals surface area contributed by atoms with Crippen molar-refractivity contribution < 1.29 is 0 Å². The van der Waals surface area contributed by atoms with Crippen LogP contribution in [0.15, 0.2) is 28.3 Å². The summed E-state index contributed by atoms with van der Waals surface area (Å²) < 4.78 is 1.91. The molecule has 5 heteroatoms. The summed E-state index contributed by atoms with van der Waals surface area (Å²) in [5.41, 5.74) is 1.75. The van der Waals surface area contributed by atoms with Gasteiger partial charge < -0.3 is 4.57 Å². The molecule has 1 aromatic carbocycles. The number of nitriles is 1. The van der Waals surface area contributed by atoms with E-state index in [1.54, 1.807) is 0 Å². The molecule has 4 nitrogen and oxygen atoms in total. The molecule has 0 saturated carbocycles. The zero-order valence-corrected chi connectivity index (χ0v) is 10.7. The van der Waals surface area contributed by atoms with Crippen LogP contribution in [-0.2, 0) is 7.05 Å². The fourth-order valence-electron chi connectivity index (χ4n) is 1.44. The van der Waals surface area contributed by atoms with Crippen LogP contribution in [0.25, 0.3) is 0 Å². The number of nitrogens with zero attached hydrogens (tertiary/aromatic N) is 4. The minimum absolute atomic E-state index is 0.677. The lowest BCUT2D eigenvalue weighted by Gasteiger charge is -2.06. The highest BCUT2D eigenvalue weighted by Crippen LogP contribution is 2.31. The second-order valence-corrected chi connectivity index (χ2v) is 4.73. The van der Waals surface area contributed by atoms with Crippen LogP contribution in [0.2, 0.25) is 0 Å². The van der Waals surface area contributed by atoms with Crippen molar-refractivity contribution in [2.24, 2.45) is 7.05 Å². The average molecular weight is 244 g/mol. The van der Waals surface area contributed by atoms with Crippen LogP contribution in [0.1, 0.15) is 17.0 Å². The third-order valence-corrected chi connectivity index (χ3v) is 3.86. The van der Waals surface area contributed by atoms with Crippen LogP contribution in [0, 0.1) is 25.2 Å². The molecule has 0 aliphatic rings. The zero-order chi connectivity index (χ0) is 12.4. The zero-order valence-electron chi connectivity index (χ0n) is 9.93. The van der Waals surface area contributed by atoms with Gasteiger partial charge in [0.15, 0.2) is 5.16 Å². The van der Waals surface area contributed by atoms with E-state index in [9.17, 15) is 0 Å². The summed E-state index contributed by atoms with van der Waals surface area (Å²) in [5, 5.41) is 18.0. The van der Waals surface area contributed by atoms with E-state index in [0.29, 0.717) is 5.56 Å². The Morgan fingerprint density at radius 3 is 2.65 bits per heavy atom. The molecule has 0 aliphatic heterocycles. The van der Waals surface area contributed by atoms with Crippen molar-refractivity contribution in [3.63, 3.8) is 0 Å². The normalized spacial score (nSPS) is 10.2. The van der Waals surface area contributed by atoms with Crippen molar-refractivity contribution in [1.82, 2.24) is 14.8 Å². The second kappa shape index (κ2) is 4.60. The summed E-state index contributed by atoms with van der Waals surface area (Å²) in [6, 6.07) is 7.90. The lowest BCUT2D eigenvalue weighted by atomic mass is 10.1. The molecule has 0 spiro atoms. The fourth-order valence-corrected chi connectivity index (χ4v) is 2.43. The highest BCUT2D eigenvalue weighted by atomic mass is 32.2. The molecule has 86 valence electrons. The van der Waals surface area contributed by atoms with E-state index in [4.69, 9.17) is 5.26 Å². The Bertz CT molecular complexity index is 595. The highest BCUT2D eigenvalue weighted by molar-refractivity contribution is 7.99. The van der Waals surface area contributed by atoms with Gasteiger partial charge in [-0.3, -0.25) is 0 Å². The summed E-state index contributed by atoms with van der Waals surface area (Å²) in [6.45, 7) is 3.90. The van der Waals surface area contributed by atoms with Gasteiger partial charge in [0.05, 0.1) is 5.56 Å². The molecule has 0 fully saturated rings. The summed E-state index contributed by atoms with van der Waals surface area (Å²) in [4.78, 5) is 0.950. The van der Waals surface area contributed by atoms with Gasteiger partial charge >= 0.3 is 0 Å². The van der Waals surface area contributed by atoms with Gasteiger partial charge in [-0.1, -0.05) is 12.1 Å². The van der Waals surface area contributed by atoms with E-state index in [1.807, 2.05) is 43.7 Å². The van der Waals surface area contributed by atoms with Gasteiger partial charge in [0, 0.05) is 11.9 Å². The largest absolute Gasteiger partial charge is 0.309 e. The monoisotopic (exact) mass is 244 g/mol. The lowest BCUT2D eigenvalue weighted by Crippen LogP contribution is -1.94. The quantitative estimate of drug-likeness (QED) is 0.814. The van der Waals surface area contributed by atoms with Crippen LogP contribution < -0.4 is 0 Å². The van der Waals surface area contributed by atoms with Crippen LogP contribution in [0.3, 0.4) is 0 Å². The molecule has 0 saturated heterocycles. The average Bonchev–Trinajstić information content (AvgIpc) is 2.63. The first-order valence-corrected chi connectivity index (χ1v) is 5.98. The molecule has 0 radical (unpaired) electrons. The lowest BCUT2D eigenvalue weighted by molar-refractivity contribution is 0.765. The summed E-state index contributed by atoms with van der Waals surface area (Å²) in [5.74, 6) is 0.861. The first-order valence-electron chi connectivity index (χ1n) is 5.17. The van der Waals surface area contributed by atoms with Crippen molar-refractivity contribution in [3.8, 4) is 6.07 Å². The van der Waals surface area contributed by atoms with Crippen LogP contribution in [0.5, 0.6) is 0 Å². The summed E-state index contributed by atoms with van der Waals surface area (Å²) >= 11 is 1.48. The maximum absolute atomic E-state index is 9.09. The molecule has 2 rings (SSSR count). The molecule has 0 amide bonds. The fraction of sp³-hybridized carbons (Fsp3) is 0.250. The highest BCUT2D eigenvalue weighted by Gasteiger charge is 2.12. The molecule has 0 unspecified atom stereocenters. The van der Waals surface area contributed by atoms with E-state index in [0.717, 1.165) is 21.4 Å². The maximum Gasteiger partial charge on any atom is 0.195 e. The topological polar surface area (TPSA) is 54.5 Å². The summed E-state index contributed by atoms with van der Waals surface area (Å²) in [7, 11) is 1.92. The van der Waals surface area contributed by atoms with E-state index in [-0.39, 0.29) is 0 Å². The molecular weight excluding hydrogens is 232 g/mol. The first kappa shape index (κ1) is 11.7. The van der Waals surface area contributed by atoms with Crippen LogP contribution in [0.4, 0.5) is 0 Å². The van der Waals surface area contributed by atoms with Gasteiger partial charge in [-0.2, -0.15) is 5.26 Å². The Morgan fingerprint density at radius 2 is 2.06 bits per heavy atom. The van der Waals surface area contributed by atoms with E-state index < -0.39 is 0 Å². The first-order chi connectivity index (χ1) is 8.13. The number of aryl methyl sites for hydroxylation is 2.